The molecule has 1 saturated heterocycles. The van der Waals surface area contributed by atoms with Crippen LogP contribution in [0.5, 0.6) is 0 Å². The first-order chi connectivity index (χ1) is 8.79. The number of nitrogens with zero attached hydrogens (tertiary/aromatic N) is 1. The van der Waals surface area contributed by atoms with Gasteiger partial charge >= 0.3 is 0 Å². The summed E-state index contributed by atoms with van der Waals surface area (Å²) in [5.41, 5.74) is 1.22. The zero-order valence-corrected chi connectivity index (χ0v) is 12.2. The van der Waals surface area contributed by atoms with Gasteiger partial charge in [0.15, 0.2) is 0 Å². The zero-order valence-electron chi connectivity index (χ0n) is 11.4. The summed E-state index contributed by atoms with van der Waals surface area (Å²) in [5.74, 6) is 1.29. The molecule has 1 heterocycles. The van der Waals surface area contributed by atoms with Gasteiger partial charge in [-0.25, -0.2) is 0 Å². The van der Waals surface area contributed by atoms with Crippen LogP contribution in [0.2, 0.25) is 0 Å². The summed E-state index contributed by atoms with van der Waals surface area (Å²) in [6.07, 6.45) is 1.29. The predicted octanol–water partition coefficient (Wildman–Crippen LogP) is 3.31. The van der Waals surface area contributed by atoms with E-state index in [0.29, 0.717) is 6.04 Å². The summed E-state index contributed by atoms with van der Waals surface area (Å²) in [6.45, 7) is 8.15. The van der Waals surface area contributed by atoms with Crippen LogP contribution < -0.4 is 5.32 Å². The van der Waals surface area contributed by atoms with Gasteiger partial charge < -0.3 is 5.32 Å². The van der Waals surface area contributed by atoms with Crippen molar-refractivity contribution in [3.63, 3.8) is 0 Å². The topological polar surface area (TPSA) is 15.3 Å². The normalized spacial score (nSPS) is 22.7. The second-order valence-corrected chi connectivity index (χ2v) is 6.40. The predicted molar refractivity (Wildman–Crippen MR) is 82.5 cm³/mol. The quantitative estimate of drug-likeness (QED) is 0.878. The largest absolute Gasteiger partial charge is 0.383 e. The van der Waals surface area contributed by atoms with Gasteiger partial charge in [0, 0.05) is 42.4 Å². The third kappa shape index (κ3) is 3.92. The molecule has 0 aliphatic carbocycles. The summed E-state index contributed by atoms with van der Waals surface area (Å²) in [5, 5.41) is 4.36. The molecular weight excluding hydrogens is 240 g/mol. The molecule has 100 valence electrons. The third-order valence-electron chi connectivity index (χ3n) is 3.62. The van der Waals surface area contributed by atoms with E-state index in [4.69, 9.17) is 0 Å². The van der Waals surface area contributed by atoms with Gasteiger partial charge in [-0.15, -0.1) is 0 Å². The summed E-state index contributed by atoms with van der Waals surface area (Å²) in [7, 11) is 0. The van der Waals surface area contributed by atoms with Crippen molar-refractivity contribution < 1.29 is 0 Å². The van der Waals surface area contributed by atoms with Crippen molar-refractivity contribution in [2.45, 2.75) is 31.6 Å². The maximum Gasteiger partial charge on any atom is 0.0340 e. The minimum Gasteiger partial charge on any atom is -0.383 e. The second kappa shape index (κ2) is 7.05. The number of benzene rings is 1. The molecular formula is C15H24N2S. The number of hydrogen-bond donors (Lipinski definition) is 1. The number of hydrogen-bond acceptors (Lipinski definition) is 3. The highest BCUT2D eigenvalue weighted by Crippen LogP contribution is 2.22. The van der Waals surface area contributed by atoms with Crippen molar-refractivity contribution in [2.24, 2.45) is 0 Å². The molecule has 1 aromatic rings. The number of para-hydroxylation sites is 1. The van der Waals surface area contributed by atoms with E-state index in [1.54, 1.807) is 0 Å². The maximum absolute atomic E-state index is 3.53. The Hall–Kier alpha value is -0.670. The summed E-state index contributed by atoms with van der Waals surface area (Å²) in [6, 6.07) is 11.1. The van der Waals surface area contributed by atoms with Gasteiger partial charge in [-0.3, -0.25) is 4.90 Å². The molecule has 1 aliphatic rings. The van der Waals surface area contributed by atoms with Gasteiger partial charge in [-0.05, 0) is 25.5 Å². The Morgan fingerprint density at radius 3 is 2.89 bits per heavy atom. The fourth-order valence-electron chi connectivity index (χ4n) is 2.34. The molecule has 1 aromatic carbocycles. The van der Waals surface area contributed by atoms with Crippen molar-refractivity contribution in [3.05, 3.63) is 30.3 Å². The van der Waals surface area contributed by atoms with Crippen LogP contribution in [0.25, 0.3) is 0 Å². The van der Waals surface area contributed by atoms with Crippen LogP contribution in [0.15, 0.2) is 30.3 Å². The van der Waals surface area contributed by atoms with Crippen molar-refractivity contribution in [2.75, 3.05) is 30.7 Å². The number of nitrogens with one attached hydrogen (secondary N) is 1. The van der Waals surface area contributed by atoms with Crippen LogP contribution in [0.3, 0.4) is 0 Å². The Labute approximate surface area is 115 Å². The van der Waals surface area contributed by atoms with Crippen LogP contribution in [-0.4, -0.2) is 41.6 Å². The van der Waals surface area contributed by atoms with Gasteiger partial charge in [0.1, 0.15) is 0 Å². The van der Waals surface area contributed by atoms with Gasteiger partial charge in [-0.2, -0.15) is 11.8 Å². The van der Waals surface area contributed by atoms with E-state index in [9.17, 15) is 0 Å². The lowest BCUT2D eigenvalue weighted by molar-refractivity contribution is 0.223. The lowest BCUT2D eigenvalue weighted by Crippen LogP contribution is -2.45. The molecule has 2 rings (SSSR count). The number of rotatable bonds is 5. The van der Waals surface area contributed by atoms with Crippen LogP contribution in [0.4, 0.5) is 5.69 Å². The zero-order chi connectivity index (χ0) is 12.8. The lowest BCUT2D eigenvalue weighted by Gasteiger charge is -2.36. The molecule has 1 aliphatic heterocycles. The van der Waals surface area contributed by atoms with Gasteiger partial charge in [0.05, 0.1) is 0 Å². The van der Waals surface area contributed by atoms with Crippen molar-refractivity contribution in [1.29, 1.82) is 0 Å². The highest BCUT2D eigenvalue weighted by molar-refractivity contribution is 8.00. The molecule has 2 atom stereocenters. The number of thioether (sulfide) groups is 1. The lowest BCUT2D eigenvalue weighted by atomic mass is 10.2. The molecule has 1 N–H and O–H groups in total. The van der Waals surface area contributed by atoms with Gasteiger partial charge in [0.2, 0.25) is 0 Å². The molecule has 3 heteroatoms. The van der Waals surface area contributed by atoms with E-state index < -0.39 is 0 Å². The average molecular weight is 264 g/mol. The Bertz CT molecular complexity index is 342. The molecule has 2 nitrogen and oxygen atoms in total. The molecule has 0 bridgehead atoms. The first-order valence-corrected chi connectivity index (χ1v) is 7.99. The van der Waals surface area contributed by atoms with E-state index in [2.05, 4.69) is 66.2 Å². The molecule has 1 fully saturated rings. The summed E-state index contributed by atoms with van der Waals surface area (Å²) >= 11 is 2.14. The maximum atomic E-state index is 3.53. The van der Waals surface area contributed by atoms with E-state index in [-0.39, 0.29) is 0 Å². The Morgan fingerprint density at radius 2 is 2.17 bits per heavy atom. The van der Waals surface area contributed by atoms with Gasteiger partial charge in [-0.1, -0.05) is 25.1 Å². The summed E-state index contributed by atoms with van der Waals surface area (Å²) in [4.78, 5) is 2.63. The van der Waals surface area contributed by atoms with E-state index in [0.717, 1.165) is 11.8 Å². The van der Waals surface area contributed by atoms with E-state index in [1.165, 1.54) is 31.0 Å². The molecule has 18 heavy (non-hydrogen) atoms. The minimum atomic E-state index is 0.611. The molecule has 0 aromatic heterocycles. The van der Waals surface area contributed by atoms with E-state index in [1.807, 2.05) is 0 Å². The van der Waals surface area contributed by atoms with Crippen LogP contribution in [-0.2, 0) is 0 Å². The Kier molecular flexibility index (Phi) is 5.39. The standard InChI is InChI=1S/C15H24N2S/c1-3-15-12-17(9-10-18-15)13(2)11-16-14-7-5-4-6-8-14/h4-8,13,15-16H,3,9-12H2,1-2H3. The Morgan fingerprint density at radius 1 is 1.39 bits per heavy atom. The van der Waals surface area contributed by atoms with Crippen LogP contribution >= 0.6 is 11.8 Å². The Balaban J connectivity index is 1.79. The number of anilines is 1. The first kappa shape index (κ1) is 13.8. The second-order valence-electron chi connectivity index (χ2n) is 4.99. The molecule has 0 amide bonds. The van der Waals surface area contributed by atoms with Crippen LogP contribution in [0.1, 0.15) is 20.3 Å². The monoisotopic (exact) mass is 264 g/mol. The van der Waals surface area contributed by atoms with E-state index >= 15 is 0 Å². The molecule has 0 radical (unpaired) electrons. The molecule has 0 spiro atoms. The highest BCUT2D eigenvalue weighted by Gasteiger charge is 2.22. The van der Waals surface area contributed by atoms with Gasteiger partial charge in [0.25, 0.3) is 0 Å². The summed E-state index contributed by atoms with van der Waals surface area (Å²) < 4.78 is 0. The van der Waals surface area contributed by atoms with Crippen LogP contribution in [0, 0.1) is 0 Å². The van der Waals surface area contributed by atoms with Crippen molar-refractivity contribution in [1.82, 2.24) is 4.90 Å². The highest BCUT2D eigenvalue weighted by atomic mass is 32.2. The van der Waals surface area contributed by atoms with Crippen molar-refractivity contribution in [3.8, 4) is 0 Å². The fourth-order valence-corrected chi connectivity index (χ4v) is 3.55. The molecule has 0 saturated carbocycles. The first-order valence-electron chi connectivity index (χ1n) is 6.94. The SMILES string of the molecule is CCC1CN(C(C)CNc2ccccc2)CCS1. The smallest absolute Gasteiger partial charge is 0.0340 e. The fraction of sp³-hybridized carbons (Fsp3) is 0.600. The average Bonchev–Trinajstić information content (AvgIpc) is 2.46. The van der Waals surface area contributed by atoms with Crippen molar-refractivity contribution >= 4 is 17.4 Å². The molecule has 2 unspecified atom stereocenters. The third-order valence-corrected chi connectivity index (χ3v) is 5.00. The minimum absolute atomic E-state index is 0.611.